The second kappa shape index (κ2) is 8.39. The highest BCUT2D eigenvalue weighted by Gasteiger charge is 2.22. The molecule has 0 radical (unpaired) electrons. The number of nitrogens with zero attached hydrogens (tertiary/aromatic N) is 1. The van der Waals surface area contributed by atoms with Crippen molar-refractivity contribution in [3.8, 4) is 5.75 Å². The fourth-order valence-electron chi connectivity index (χ4n) is 2.78. The van der Waals surface area contributed by atoms with E-state index in [-0.39, 0.29) is 5.91 Å². The van der Waals surface area contributed by atoms with Crippen LogP contribution in [-0.4, -0.2) is 37.0 Å². The van der Waals surface area contributed by atoms with Crippen LogP contribution in [0.15, 0.2) is 18.2 Å². The number of rotatable bonds is 6. The maximum absolute atomic E-state index is 12.3. The van der Waals surface area contributed by atoms with Gasteiger partial charge in [0.1, 0.15) is 0 Å². The number of nitrogens with one attached hydrogen (secondary N) is 1. The van der Waals surface area contributed by atoms with Crippen molar-refractivity contribution in [2.75, 3.05) is 25.5 Å². The third-order valence-corrected chi connectivity index (χ3v) is 4.33. The molecule has 1 aliphatic heterocycles. The molecule has 1 heterocycles. The number of para-hydroxylation sites is 1. The molecular weight excluding hydrogens is 300 g/mol. The Kier molecular flexibility index (Phi) is 6.52. The average Bonchev–Trinajstić information content (AvgIpc) is 2.49. The molecule has 1 saturated heterocycles. The summed E-state index contributed by atoms with van der Waals surface area (Å²) in [4.78, 5) is 14.6. The summed E-state index contributed by atoms with van der Waals surface area (Å²) >= 11 is 6.18. The number of hydrogen-bond acceptors (Lipinski definition) is 3. The highest BCUT2D eigenvalue weighted by Crippen LogP contribution is 2.33. The number of anilines is 1. The number of piperidine rings is 1. The van der Waals surface area contributed by atoms with E-state index in [1.54, 1.807) is 6.07 Å². The fourth-order valence-corrected chi connectivity index (χ4v) is 3.00. The molecule has 0 aromatic heterocycles. The van der Waals surface area contributed by atoms with Crippen molar-refractivity contribution >= 4 is 23.2 Å². The van der Waals surface area contributed by atoms with Crippen LogP contribution >= 0.6 is 11.6 Å². The zero-order valence-electron chi connectivity index (χ0n) is 13.4. The Bertz CT molecular complexity index is 507. The first-order valence-electron chi connectivity index (χ1n) is 8.03. The molecule has 1 fully saturated rings. The third-order valence-electron chi connectivity index (χ3n) is 4.03. The maximum Gasteiger partial charge on any atom is 0.226 e. The van der Waals surface area contributed by atoms with Crippen LogP contribution in [0.1, 0.15) is 39.0 Å². The second-order valence-electron chi connectivity index (χ2n) is 5.85. The van der Waals surface area contributed by atoms with Crippen LogP contribution in [0.25, 0.3) is 0 Å². The molecule has 1 atom stereocenters. The molecule has 0 bridgehead atoms. The molecule has 1 aromatic carbocycles. The van der Waals surface area contributed by atoms with Gasteiger partial charge in [-0.3, -0.25) is 4.79 Å². The van der Waals surface area contributed by atoms with Gasteiger partial charge in [0.2, 0.25) is 5.91 Å². The van der Waals surface area contributed by atoms with Gasteiger partial charge in [0, 0.05) is 12.5 Å². The molecule has 0 saturated carbocycles. The highest BCUT2D eigenvalue weighted by molar-refractivity contribution is 6.32. The minimum absolute atomic E-state index is 0.0161. The van der Waals surface area contributed by atoms with Gasteiger partial charge >= 0.3 is 0 Å². The zero-order valence-corrected chi connectivity index (χ0v) is 14.2. The Morgan fingerprint density at radius 2 is 2.27 bits per heavy atom. The van der Waals surface area contributed by atoms with Gasteiger partial charge in [-0.2, -0.15) is 0 Å². The lowest BCUT2D eigenvalue weighted by atomic mass is 10.00. The van der Waals surface area contributed by atoms with E-state index in [2.05, 4.69) is 17.3 Å². The Morgan fingerprint density at radius 1 is 1.45 bits per heavy atom. The first kappa shape index (κ1) is 17.1. The summed E-state index contributed by atoms with van der Waals surface area (Å²) < 4.78 is 5.67. The topological polar surface area (TPSA) is 41.6 Å². The summed E-state index contributed by atoms with van der Waals surface area (Å²) in [7, 11) is 2.09. The number of ether oxygens (including phenoxy) is 1. The Labute approximate surface area is 137 Å². The number of benzene rings is 1. The predicted octanol–water partition coefficient (Wildman–Crippen LogP) is 3.94. The number of hydrogen-bond donors (Lipinski definition) is 1. The van der Waals surface area contributed by atoms with Gasteiger partial charge in [0.05, 0.1) is 17.3 Å². The van der Waals surface area contributed by atoms with Crippen LogP contribution in [0.4, 0.5) is 5.69 Å². The quantitative estimate of drug-likeness (QED) is 0.861. The Morgan fingerprint density at radius 3 is 3.00 bits per heavy atom. The molecular formula is C17H25ClN2O2. The number of amides is 1. The Balaban J connectivity index is 2.00. The lowest BCUT2D eigenvalue weighted by molar-refractivity contribution is -0.117. The van der Waals surface area contributed by atoms with Crippen LogP contribution in [0.5, 0.6) is 5.75 Å². The molecule has 2 rings (SSSR count). The number of halogens is 1. The molecule has 122 valence electrons. The number of carbonyl (C=O) groups excluding carboxylic acids is 1. The molecule has 4 nitrogen and oxygen atoms in total. The van der Waals surface area contributed by atoms with E-state index in [1.807, 2.05) is 19.1 Å². The van der Waals surface area contributed by atoms with Crippen molar-refractivity contribution in [3.63, 3.8) is 0 Å². The van der Waals surface area contributed by atoms with Crippen molar-refractivity contribution in [1.82, 2.24) is 4.90 Å². The number of likely N-dealkylation sites (tertiary alicyclic amines) is 1. The lowest BCUT2D eigenvalue weighted by Crippen LogP contribution is -2.38. The van der Waals surface area contributed by atoms with Crippen LogP contribution in [-0.2, 0) is 4.79 Å². The van der Waals surface area contributed by atoms with E-state index in [0.717, 1.165) is 19.4 Å². The Hall–Kier alpha value is -1.26. The van der Waals surface area contributed by atoms with Crippen molar-refractivity contribution < 1.29 is 9.53 Å². The van der Waals surface area contributed by atoms with Gasteiger partial charge in [-0.15, -0.1) is 0 Å². The summed E-state index contributed by atoms with van der Waals surface area (Å²) in [6, 6.07) is 5.76. The van der Waals surface area contributed by atoms with Crippen molar-refractivity contribution in [2.45, 2.75) is 45.1 Å². The van der Waals surface area contributed by atoms with Crippen LogP contribution < -0.4 is 10.1 Å². The summed E-state index contributed by atoms with van der Waals surface area (Å²) in [6.45, 7) is 3.69. The van der Waals surface area contributed by atoms with Gasteiger partial charge in [-0.25, -0.2) is 0 Å². The average molecular weight is 325 g/mol. The first-order chi connectivity index (χ1) is 10.6. The normalized spacial score (nSPS) is 19.0. The van der Waals surface area contributed by atoms with Gasteiger partial charge in [0.15, 0.2) is 5.75 Å². The molecule has 1 aliphatic rings. The molecule has 0 aliphatic carbocycles. The molecule has 5 heteroatoms. The fraction of sp³-hybridized carbons (Fsp3) is 0.588. The van der Waals surface area contributed by atoms with Gasteiger partial charge < -0.3 is 15.0 Å². The monoisotopic (exact) mass is 324 g/mol. The van der Waals surface area contributed by atoms with Crippen LogP contribution in [0, 0.1) is 0 Å². The second-order valence-corrected chi connectivity index (χ2v) is 6.25. The van der Waals surface area contributed by atoms with E-state index in [9.17, 15) is 4.79 Å². The van der Waals surface area contributed by atoms with E-state index in [0.29, 0.717) is 35.5 Å². The molecule has 22 heavy (non-hydrogen) atoms. The summed E-state index contributed by atoms with van der Waals surface area (Å²) in [5.41, 5.74) is 0.657. The van der Waals surface area contributed by atoms with Crippen molar-refractivity contribution in [1.29, 1.82) is 0 Å². The van der Waals surface area contributed by atoms with E-state index >= 15 is 0 Å². The van der Waals surface area contributed by atoms with Gasteiger partial charge in [0.25, 0.3) is 0 Å². The van der Waals surface area contributed by atoms with Crippen LogP contribution in [0.2, 0.25) is 5.02 Å². The largest absolute Gasteiger partial charge is 0.490 e. The van der Waals surface area contributed by atoms with E-state index < -0.39 is 0 Å². The molecule has 1 amide bonds. The minimum Gasteiger partial charge on any atom is -0.490 e. The first-order valence-corrected chi connectivity index (χ1v) is 8.41. The van der Waals surface area contributed by atoms with Gasteiger partial charge in [-0.05, 0) is 45.0 Å². The highest BCUT2D eigenvalue weighted by atomic mass is 35.5. The zero-order chi connectivity index (χ0) is 15.9. The van der Waals surface area contributed by atoms with Crippen molar-refractivity contribution in [2.24, 2.45) is 0 Å². The molecule has 1 N–H and O–H groups in total. The predicted molar refractivity (Wildman–Crippen MR) is 90.8 cm³/mol. The van der Waals surface area contributed by atoms with Gasteiger partial charge in [-0.1, -0.05) is 31.0 Å². The SMILES string of the molecule is CCCOc1c(Cl)cccc1NC(=O)CC1CCCCN1C. The lowest BCUT2D eigenvalue weighted by Gasteiger charge is -2.32. The number of carbonyl (C=O) groups is 1. The van der Waals surface area contributed by atoms with Crippen LogP contribution in [0.3, 0.4) is 0 Å². The molecule has 0 spiro atoms. The minimum atomic E-state index is 0.0161. The summed E-state index contributed by atoms with van der Waals surface area (Å²) in [5, 5.41) is 3.48. The van der Waals surface area contributed by atoms with E-state index in [1.165, 1.54) is 12.8 Å². The third kappa shape index (κ3) is 4.62. The molecule has 1 unspecified atom stereocenters. The summed E-state index contributed by atoms with van der Waals surface area (Å²) in [5.74, 6) is 0.582. The van der Waals surface area contributed by atoms with Crippen molar-refractivity contribution in [3.05, 3.63) is 23.2 Å². The molecule has 1 aromatic rings. The smallest absolute Gasteiger partial charge is 0.226 e. The van der Waals surface area contributed by atoms with E-state index in [4.69, 9.17) is 16.3 Å². The standard InChI is InChI=1S/C17H25ClN2O2/c1-3-11-22-17-14(18)8-6-9-15(17)19-16(21)12-13-7-4-5-10-20(13)2/h6,8-9,13H,3-5,7,10-12H2,1-2H3,(H,19,21). The maximum atomic E-state index is 12.3. The summed E-state index contributed by atoms with van der Waals surface area (Å²) in [6.07, 6.45) is 4.91.